The van der Waals surface area contributed by atoms with Gasteiger partial charge in [-0.05, 0) is 43.6 Å². The van der Waals surface area contributed by atoms with E-state index in [1.54, 1.807) is 0 Å². The second kappa shape index (κ2) is 6.75. The van der Waals surface area contributed by atoms with E-state index in [-0.39, 0.29) is 6.10 Å². The molecular weight excluding hydrogens is 210 g/mol. The Morgan fingerprint density at radius 1 is 1.24 bits per heavy atom. The summed E-state index contributed by atoms with van der Waals surface area (Å²) in [5.41, 5.74) is 0.404. The molecule has 17 heavy (non-hydrogen) atoms. The second-order valence-corrected chi connectivity index (χ2v) is 6.67. The zero-order valence-electron chi connectivity index (χ0n) is 12.1. The Kier molecular flexibility index (Phi) is 5.94. The Morgan fingerprint density at radius 2 is 1.88 bits per heavy atom. The smallest absolute Gasteiger partial charge is 0.0549 e. The predicted octanol–water partition coefficient (Wildman–Crippen LogP) is 3.34. The van der Waals surface area contributed by atoms with Crippen molar-refractivity contribution in [2.45, 2.75) is 78.4 Å². The largest absolute Gasteiger partial charge is 0.393 e. The van der Waals surface area contributed by atoms with Crippen molar-refractivity contribution >= 4 is 0 Å². The highest BCUT2D eigenvalue weighted by Gasteiger charge is 2.33. The average molecular weight is 241 g/mol. The van der Waals surface area contributed by atoms with Crippen molar-refractivity contribution < 1.29 is 5.11 Å². The number of hydrogen-bond donors (Lipinski definition) is 2. The first-order chi connectivity index (χ1) is 7.95. The van der Waals surface area contributed by atoms with Crippen molar-refractivity contribution in [2.75, 3.05) is 6.54 Å². The summed E-state index contributed by atoms with van der Waals surface area (Å²) < 4.78 is 0. The molecule has 1 aliphatic rings. The molecule has 0 spiro atoms. The third-order valence-electron chi connectivity index (χ3n) is 4.23. The fourth-order valence-electron chi connectivity index (χ4n) is 3.05. The van der Waals surface area contributed by atoms with Crippen LogP contribution in [0.2, 0.25) is 0 Å². The van der Waals surface area contributed by atoms with E-state index < -0.39 is 0 Å². The average Bonchev–Trinajstić information content (AvgIpc) is 2.28. The molecule has 0 amide bonds. The van der Waals surface area contributed by atoms with Gasteiger partial charge in [0, 0.05) is 6.04 Å². The van der Waals surface area contributed by atoms with Crippen molar-refractivity contribution in [3.8, 4) is 0 Å². The molecule has 2 N–H and O–H groups in total. The third-order valence-corrected chi connectivity index (χ3v) is 4.23. The Balaban J connectivity index is 2.38. The first-order valence-corrected chi connectivity index (χ1v) is 7.36. The minimum Gasteiger partial charge on any atom is -0.393 e. The lowest BCUT2D eigenvalue weighted by Gasteiger charge is -2.41. The van der Waals surface area contributed by atoms with Crippen LogP contribution in [-0.2, 0) is 0 Å². The lowest BCUT2D eigenvalue weighted by atomic mass is 9.69. The van der Waals surface area contributed by atoms with Crippen LogP contribution in [-0.4, -0.2) is 23.8 Å². The van der Waals surface area contributed by atoms with Gasteiger partial charge in [-0.2, -0.15) is 0 Å². The van der Waals surface area contributed by atoms with Crippen molar-refractivity contribution in [3.63, 3.8) is 0 Å². The van der Waals surface area contributed by atoms with Gasteiger partial charge in [0.15, 0.2) is 0 Å². The molecule has 3 atom stereocenters. The molecule has 1 saturated carbocycles. The van der Waals surface area contributed by atoms with Gasteiger partial charge in [0.1, 0.15) is 0 Å². The summed E-state index contributed by atoms with van der Waals surface area (Å²) in [6.07, 6.45) is 7.05. The van der Waals surface area contributed by atoms with Crippen molar-refractivity contribution in [1.29, 1.82) is 0 Å². The molecule has 0 heterocycles. The van der Waals surface area contributed by atoms with Gasteiger partial charge >= 0.3 is 0 Å². The van der Waals surface area contributed by atoms with E-state index >= 15 is 0 Å². The first kappa shape index (κ1) is 15.0. The van der Waals surface area contributed by atoms with Crippen LogP contribution in [0.5, 0.6) is 0 Å². The Morgan fingerprint density at radius 3 is 2.47 bits per heavy atom. The monoisotopic (exact) mass is 241 g/mol. The van der Waals surface area contributed by atoms with E-state index in [1.165, 1.54) is 25.7 Å². The van der Waals surface area contributed by atoms with Crippen LogP contribution in [0.1, 0.15) is 66.2 Å². The molecule has 1 aliphatic carbocycles. The van der Waals surface area contributed by atoms with E-state index in [9.17, 15) is 5.11 Å². The van der Waals surface area contributed by atoms with E-state index in [4.69, 9.17) is 0 Å². The molecule has 0 aliphatic heterocycles. The molecule has 0 aromatic heterocycles. The topological polar surface area (TPSA) is 32.3 Å². The molecule has 2 nitrogen and oxygen atoms in total. The van der Waals surface area contributed by atoms with Gasteiger partial charge in [-0.25, -0.2) is 0 Å². The lowest BCUT2D eigenvalue weighted by molar-refractivity contribution is 0.120. The van der Waals surface area contributed by atoms with Crippen molar-refractivity contribution in [1.82, 2.24) is 5.32 Å². The van der Waals surface area contributed by atoms with Gasteiger partial charge in [-0.1, -0.05) is 40.5 Å². The van der Waals surface area contributed by atoms with Gasteiger partial charge in [0.05, 0.1) is 6.10 Å². The van der Waals surface area contributed by atoms with Crippen molar-refractivity contribution in [3.05, 3.63) is 0 Å². The van der Waals surface area contributed by atoms with Gasteiger partial charge < -0.3 is 10.4 Å². The standard InChI is InChI=1S/C15H31NO/c1-5-12(17)10-11-16-14-9-7-6-8-13(14)15(2,3)4/h12-14,16-17H,5-11H2,1-4H3. The van der Waals surface area contributed by atoms with E-state index in [0.29, 0.717) is 11.5 Å². The van der Waals surface area contributed by atoms with Crippen molar-refractivity contribution in [2.24, 2.45) is 11.3 Å². The minimum absolute atomic E-state index is 0.126. The highest BCUT2D eigenvalue weighted by Crippen LogP contribution is 2.37. The summed E-state index contributed by atoms with van der Waals surface area (Å²) >= 11 is 0. The fourth-order valence-corrected chi connectivity index (χ4v) is 3.05. The van der Waals surface area contributed by atoms with Crippen LogP contribution < -0.4 is 5.32 Å². The molecule has 3 unspecified atom stereocenters. The van der Waals surface area contributed by atoms with E-state index in [0.717, 1.165) is 25.3 Å². The minimum atomic E-state index is -0.126. The SMILES string of the molecule is CCC(O)CCNC1CCCCC1C(C)(C)C. The fraction of sp³-hybridized carbons (Fsp3) is 1.00. The Labute approximate surface area is 107 Å². The van der Waals surface area contributed by atoms with Gasteiger partial charge in [0.25, 0.3) is 0 Å². The number of rotatable bonds is 5. The van der Waals surface area contributed by atoms with E-state index in [2.05, 4.69) is 26.1 Å². The molecule has 0 radical (unpaired) electrons. The highest BCUT2D eigenvalue weighted by atomic mass is 16.3. The number of hydrogen-bond acceptors (Lipinski definition) is 2. The number of aliphatic hydroxyl groups excluding tert-OH is 1. The van der Waals surface area contributed by atoms with Crippen LogP contribution in [0.15, 0.2) is 0 Å². The van der Waals surface area contributed by atoms with Crippen LogP contribution in [0, 0.1) is 11.3 Å². The predicted molar refractivity (Wildman–Crippen MR) is 74.1 cm³/mol. The Bertz CT molecular complexity index is 209. The normalized spacial score (nSPS) is 28.1. The van der Waals surface area contributed by atoms with Gasteiger partial charge in [-0.3, -0.25) is 0 Å². The first-order valence-electron chi connectivity index (χ1n) is 7.36. The maximum Gasteiger partial charge on any atom is 0.0549 e. The molecule has 0 saturated heterocycles. The molecule has 0 bridgehead atoms. The summed E-state index contributed by atoms with van der Waals surface area (Å²) in [6.45, 7) is 10.1. The highest BCUT2D eigenvalue weighted by molar-refractivity contribution is 4.88. The quantitative estimate of drug-likeness (QED) is 0.773. The summed E-state index contributed by atoms with van der Waals surface area (Å²) in [4.78, 5) is 0. The lowest BCUT2D eigenvalue weighted by Crippen LogP contribution is -2.45. The molecule has 0 aromatic rings. The number of aliphatic hydroxyl groups is 1. The summed E-state index contributed by atoms with van der Waals surface area (Å²) in [5.74, 6) is 0.787. The maximum atomic E-state index is 9.57. The van der Waals surface area contributed by atoms with Gasteiger partial charge in [0.2, 0.25) is 0 Å². The van der Waals surface area contributed by atoms with E-state index in [1.807, 2.05) is 6.92 Å². The zero-order valence-corrected chi connectivity index (χ0v) is 12.1. The van der Waals surface area contributed by atoms with Crippen LogP contribution in [0.4, 0.5) is 0 Å². The third kappa shape index (κ3) is 4.97. The van der Waals surface area contributed by atoms with Crippen LogP contribution in [0.25, 0.3) is 0 Å². The van der Waals surface area contributed by atoms with Crippen LogP contribution in [0.3, 0.4) is 0 Å². The molecule has 1 fully saturated rings. The van der Waals surface area contributed by atoms with Gasteiger partial charge in [-0.15, -0.1) is 0 Å². The molecule has 2 heteroatoms. The summed E-state index contributed by atoms with van der Waals surface area (Å²) in [7, 11) is 0. The molecule has 1 rings (SSSR count). The maximum absolute atomic E-state index is 9.57. The van der Waals surface area contributed by atoms with Crippen LogP contribution >= 0.6 is 0 Å². The second-order valence-electron chi connectivity index (χ2n) is 6.67. The Hall–Kier alpha value is -0.0800. The number of nitrogens with one attached hydrogen (secondary N) is 1. The molecule has 102 valence electrons. The molecular formula is C15H31NO. The summed E-state index contributed by atoms with van der Waals surface area (Å²) in [5, 5.41) is 13.3. The molecule has 0 aromatic carbocycles. The zero-order chi connectivity index (χ0) is 12.9. The summed E-state index contributed by atoms with van der Waals surface area (Å²) in [6, 6.07) is 0.660.